The lowest BCUT2D eigenvalue weighted by Gasteiger charge is -2.12. The zero-order valence-electron chi connectivity index (χ0n) is 11.7. The van der Waals surface area contributed by atoms with Crippen molar-refractivity contribution < 1.29 is 4.79 Å². The van der Waals surface area contributed by atoms with Crippen molar-refractivity contribution in [3.05, 3.63) is 46.8 Å². The molecule has 1 aromatic carbocycles. The summed E-state index contributed by atoms with van der Waals surface area (Å²) in [7, 11) is 0. The Morgan fingerprint density at radius 3 is 2.35 bits per heavy atom. The Balaban J connectivity index is 2.11. The van der Waals surface area contributed by atoms with E-state index in [0.717, 1.165) is 22.5 Å². The van der Waals surface area contributed by atoms with E-state index in [1.54, 1.807) is 13.8 Å². The number of aromatic nitrogens is 3. The number of hydrogen-bond donors (Lipinski definition) is 2. The van der Waals surface area contributed by atoms with Gasteiger partial charge in [-0.15, -0.1) is 5.10 Å². The van der Waals surface area contributed by atoms with E-state index < -0.39 is 6.04 Å². The monoisotopic (exact) mass is 271 g/mol. The summed E-state index contributed by atoms with van der Waals surface area (Å²) in [6, 6.07) is 6.73. The number of hydrogen-bond acceptors (Lipinski definition) is 5. The summed E-state index contributed by atoms with van der Waals surface area (Å²) in [5.41, 5.74) is 9.22. The fourth-order valence-corrected chi connectivity index (χ4v) is 1.62. The molecular weight excluding hydrogens is 254 g/mol. The summed E-state index contributed by atoms with van der Waals surface area (Å²) in [6.07, 6.45) is 0. The quantitative estimate of drug-likeness (QED) is 0.880. The molecule has 1 unspecified atom stereocenters. The number of carbonyl (C=O) groups excluding carboxylic acids is 1. The van der Waals surface area contributed by atoms with E-state index in [1.165, 1.54) is 0 Å². The van der Waals surface area contributed by atoms with Gasteiger partial charge in [0.1, 0.15) is 6.04 Å². The van der Waals surface area contributed by atoms with Crippen LogP contribution >= 0.6 is 0 Å². The summed E-state index contributed by atoms with van der Waals surface area (Å²) < 4.78 is 0. The topological polar surface area (TPSA) is 93.8 Å². The fraction of sp³-hybridized carbons (Fsp3) is 0.286. The van der Waals surface area contributed by atoms with Crippen molar-refractivity contribution in [3.8, 4) is 0 Å². The van der Waals surface area contributed by atoms with Crippen LogP contribution in [0, 0.1) is 20.8 Å². The maximum absolute atomic E-state index is 12.1. The summed E-state index contributed by atoms with van der Waals surface area (Å²) >= 11 is 0. The zero-order chi connectivity index (χ0) is 14.7. The minimum absolute atomic E-state index is 0.167. The molecule has 0 spiro atoms. The first-order valence-corrected chi connectivity index (χ1v) is 6.28. The summed E-state index contributed by atoms with van der Waals surface area (Å²) in [5.74, 6) is -0.195. The van der Waals surface area contributed by atoms with E-state index in [1.807, 2.05) is 31.2 Å². The maximum atomic E-state index is 12.1. The largest absolute Gasteiger partial charge is 0.316 e. The maximum Gasteiger partial charge on any atom is 0.249 e. The highest BCUT2D eigenvalue weighted by Crippen LogP contribution is 2.13. The first kappa shape index (κ1) is 14.1. The number of carbonyl (C=O) groups is 1. The second-order valence-electron chi connectivity index (χ2n) is 4.68. The van der Waals surface area contributed by atoms with Crippen LogP contribution in [0.3, 0.4) is 0 Å². The van der Waals surface area contributed by atoms with Crippen LogP contribution < -0.4 is 11.1 Å². The van der Waals surface area contributed by atoms with E-state index in [2.05, 4.69) is 20.5 Å². The average Bonchev–Trinajstić information content (AvgIpc) is 2.43. The normalized spacial score (nSPS) is 12.0. The lowest BCUT2D eigenvalue weighted by atomic mass is 10.1. The van der Waals surface area contributed by atoms with Gasteiger partial charge in [-0.2, -0.15) is 5.10 Å². The molecule has 0 aliphatic rings. The molecule has 2 rings (SSSR count). The van der Waals surface area contributed by atoms with Crippen molar-refractivity contribution in [1.29, 1.82) is 0 Å². The van der Waals surface area contributed by atoms with Crippen molar-refractivity contribution in [2.75, 3.05) is 5.32 Å². The number of aryl methyl sites for hydroxylation is 3. The molecule has 0 saturated heterocycles. The van der Waals surface area contributed by atoms with Gasteiger partial charge >= 0.3 is 0 Å². The second-order valence-corrected chi connectivity index (χ2v) is 4.68. The molecule has 20 heavy (non-hydrogen) atoms. The highest BCUT2D eigenvalue weighted by molar-refractivity contribution is 5.93. The van der Waals surface area contributed by atoms with Gasteiger partial charge in [0.25, 0.3) is 0 Å². The van der Waals surface area contributed by atoms with Gasteiger partial charge in [-0.1, -0.05) is 29.8 Å². The standard InChI is InChI=1S/C14H17N5O/c1-8-4-6-11(7-5-8)12(15)13(20)17-14-16-9(2)10(3)18-19-14/h4-7,12H,15H2,1-3H3,(H,16,17,19,20). The van der Waals surface area contributed by atoms with Crippen LogP contribution in [0.1, 0.15) is 28.6 Å². The predicted octanol–water partition coefficient (Wildman–Crippen LogP) is 1.44. The summed E-state index contributed by atoms with van der Waals surface area (Å²) in [4.78, 5) is 16.2. The van der Waals surface area contributed by atoms with Crippen LogP contribution in [-0.2, 0) is 4.79 Å². The van der Waals surface area contributed by atoms with Crippen molar-refractivity contribution in [1.82, 2.24) is 15.2 Å². The Labute approximate surface area is 117 Å². The van der Waals surface area contributed by atoms with Gasteiger partial charge in [0, 0.05) is 0 Å². The summed E-state index contributed by atoms with van der Waals surface area (Å²) in [5, 5.41) is 10.3. The average molecular weight is 271 g/mol. The third-order valence-electron chi connectivity index (χ3n) is 3.05. The zero-order valence-corrected chi connectivity index (χ0v) is 11.7. The van der Waals surface area contributed by atoms with Crippen molar-refractivity contribution in [2.45, 2.75) is 26.8 Å². The van der Waals surface area contributed by atoms with E-state index in [0.29, 0.717) is 0 Å². The molecule has 104 valence electrons. The SMILES string of the molecule is Cc1ccc(C(N)C(=O)Nc2nnc(C)c(C)n2)cc1. The molecule has 1 atom stereocenters. The molecule has 3 N–H and O–H groups in total. The number of nitrogens with two attached hydrogens (primary N) is 1. The Bertz CT molecular complexity index is 624. The number of nitrogens with zero attached hydrogens (tertiary/aromatic N) is 3. The fourth-order valence-electron chi connectivity index (χ4n) is 1.62. The molecule has 0 saturated carbocycles. The van der Waals surface area contributed by atoms with Gasteiger partial charge in [-0.05, 0) is 26.3 Å². The Hall–Kier alpha value is -2.34. The van der Waals surface area contributed by atoms with Gasteiger partial charge in [0.15, 0.2) is 0 Å². The van der Waals surface area contributed by atoms with Crippen LogP contribution in [0.2, 0.25) is 0 Å². The highest BCUT2D eigenvalue weighted by Gasteiger charge is 2.17. The molecule has 6 heteroatoms. The molecule has 2 aromatic rings. The molecule has 1 aromatic heterocycles. The lowest BCUT2D eigenvalue weighted by Crippen LogP contribution is -2.28. The third-order valence-corrected chi connectivity index (χ3v) is 3.05. The Morgan fingerprint density at radius 1 is 1.10 bits per heavy atom. The Kier molecular flexibility index (Phi) is 4.05. The molecule has 0 bridgehead atoms. The van der Waals surface area contributed by atoms with Crippen LogP contribution in [0.4, 0.5) is 5.95 Å². The molecule has 1 heterocycles. The number of nitrogens with one attached hydrogen (secondary N) is 1. The van der Waals surface area contributed by atoms with E-state index in [9.17, 15) is 4.79 Å². The van der Waals surface area contributed by atoms with E-state index in [-0.39, 0.29) is 11.9 Å². The number of anilines is 1. The number of rotatable bonds is 3. The molecule has 1 amide bonds. The van der Waals surface area contributed by atoms with Crippen LogP contribution in [0.25, 0.3) is 0 Å². The molecular formula is C14H17N5O. The van der Waals surface area contributed by atoms with Crippen molar-refractivity contribution in [2.24, 2.45) is 5.73 Å². The van der Waals surface area contributed by atoms with E-state index in [4.69, 9.17) is 5.73 Å². The minimum Gasteiger partial charge on any atom is -0.316 e. The van der Waals surface area contributed by atoms with Gasteiger partial charge in [-0.25, -0.2) is 4.98 Å². The van der Waals surface area contributed by atoms with Crippen molar-refractivity contribution in [3.63, 3.8) is 0 Å². The van der Waals surface area contributed by atoms with Crippen molar-refractivity contribution >= 4 is 11.9 Å². The lowest BCUT2D eigenvalue weighted by molar-refractivity contribution is -0.117. The van der Waals surface area contributed by atoms with E-state index >= 15 is 0 Å². The molecule has 0 fully saturated rings. The Morgan fingerprint density at radius 2 is 1.75 bits per heavy atom. The summed E-state index contributed by atoms with van der Waals surface area (Å²) in [6.45, 7) is 5.59. The van der Waals surface area contributed by atoms with Crippen LogP contribution in [0.15, 0.2) is 24.3 Å². The molecule has 0 aliphatic heterocycles. The van der Waals surface area contributed by atoms with Gasteiger partial charge in [-0.3, -0.25) is 10.1 Å². The molecule has 0 aliphatic carbocycles. The van der Waals surface area contributed by atoms with Gasteiger partial charge in [0.05, 0.1) is 11.4 Å². The number of benzene rings is 1. The highest BCUT2D eigenvalue weighted by atomic mass is 16.2. The molecule has 0 radical (unpaired) electrons. The van der Waals surface area contributed by atoms with Crippen LogP contribution in [0.5, 0.6) is 0 Å². The minimum atomic E-state index is -0.763. The predicted molar refractivity (Wildman–Crippen MR) is 76.0 cm³/mol. The second kappa shape index (κ2) is 5.75. The van der Waals surface area contributed by atoms with Crippen LogP contribution in [-0.4, -0.2) is 21.1 Å². The third kappa shape index (κ3) is 3.16. The molecule has 6 nitrogen and oxygen atoms in total. The van der Waals surface area contributed by atoms with Gasteiger partial charge < -0.3 is 5.73 Å². The van der Waals surface area contributed by atoms with Gasteiger partial charge in [0.2, 0.25) is 11.9 Å². The number of amides is 1. The first-order valence-electron chi connectivity index (χ1n) is 6.28. The smallest absolute Gasteiger partial charge is 0.249 e. The first-order chi connectivity index (χ1) is 9.47.